The normalized spacial score (nSPS) is 23.8. The summed E-state index contributed by atoms with van der Waals surface area (Å²) in [6.07, 6.45) is 5.87. The first-order chi connectivity index (χ1) is 8.81. The van der Waals surface area contributed by atoms with Crippen molar-refractivity contribution in [2.24, 2.45) is 0 Å². The summed E-state index contributed by atoms with van der Waals surface area (Å²) in [5.41, 5.74) is 0. The molecule has 5 heteroatoms. The van der Waals surface area contributed by atoms with Crippen molar-refractivity contribution in [2.45, 2.75) is 38.6 Å². The molecule has 0 bridgehead atoms. The predicted molar refractivity (Wildman–Crippen MR) is 67.0 cm³/mol. The molecule has 0 radical (unpaired) electrons. The molecule has 5 nitrogen and oxygen atoms in total. The minimum Gasteiger partial charge on any atom is -0.347 e. The topological polar surface area (TPSA) is 39.5 Å². The summed E-state index contributed by atoms with van der Waals surface area (Å²) in [5.74, 6) is 0.887. The molecule has 3 heterocycles. The van der Waals surface area contributed by atoms with Gasteiger partial charge in [0.1, 0.15) is 5.82 Å². The molecule has 0 amide bonds. The van der Waals surface area contributed by atoms with Gasteiger partial charge in [0, 0.05) is 44.9 Å². The van der Waals surface area contributed by atoms with Gasteiger partial charge in [-0.2, -0.15) is 0 Å². The van der Waals surface area contributed by atoms with Gasteiger partial charge in [0.15, 0.2) is 5.79 Å². The van der Waals surface area contributed by atoms with E-state index in [0.717, 1.165) is 58.1 Å². The standard InChI is InChI=1S/C13H21N3O2/c1-2-16-8-5-14-12(16)11-15-6-3-13(4-7-15)17-9-10-18-13/h5,8H,2-4,6-7,9-11H2,1H3. The van der Waals surface area contributed by atoms with Crippen LogP contribution in [-0.2, 0) is 22.6 Å². The Kier molecular flexibility index (Phi) is 3.37. The zero-order valence-electron chi connectivity index (χ0n) is 11.0. The molecule has 0 unspecified atom stereocenters. The first-order valence-electron chi connectivity index (χ1n) is 6.82. The van der Waals surface area contributed by atoms with Gasteiger partial charge in [-0.25, -0.2) is 4.98 Å². The van der Waals surface area contributed by atoms with E-state index in [1.807, 2.05) is 12.4 Å². The maximum absolute atomic E-state index is 5.74. The summed E-state index contributed by atoms with van der Waals surface area (Å²) in [7, 11) is 0. The third kappa shape index (κ3) is 2.30. The van der Waals surface area contributed by atoms with Crippen molar-refractivity contribution in [3.63, 3.8) is 0 Å². The fourth-order valence-electron chi connectivity index (χ4n) is 2.82. The van der Waals surface area contributed by atoms with Gasteiger partial charge in [-0.15, -0.1) is 0 Å². The molecule has 0 N–H and O–H groups in total. The number of aromatic nitrogens is 2. The molecule has 2 aliphatic rings. The predicted octanol–water partition coefficient (Wildman–Crippen LogP) is 1.24. The molecule has 1 aromatic rings. The van der Waals surface area contributed by atoms with Crippen LogP contribution in [0.25, 0.3) is 0 Å². The number of aryl methyl sites for hydroxylation is 1. The number of hydrogen-bond donors (Lipinski definition) is 0. The van der Waals surface area contributed by atoms with Crippen LogP contribution in [-0.4, -0.2) is 46.5 Å². The summed E-state index contributed by atoms with van der Waals surface area (Å²) >= 11 is 0. The van der Waals surface area contributed by atoms with Gasteiger partial charge in [-0.3, -0.25) is 4.90 Å². The van der Waals surface area contributed by atoms with E-state index in [4.69, 9.17) is 9.47 Å². The monoisotopic (exact) mass is 251 g/mol. The number of likely N-dealkylation sites (tertiary alicyclic amines) is 1. The molecule has 18 heavy (non-hydrogen) atoms. The van der Waals surface area contributed by atoms with Crippen LogP contribution in [0.4, 0.5) is 0 Å². The highest BCUT2D eigenvalue weighted by Crippen LogP contribution is 2.31. The zero-order chi connectivity index (χ0) is 12.4. The lowest BCUT2D eigenvalue weighted by molar-refractivity contribution is -0.186. The van der Waals surface area contributed by atoms with Crippen molar-refractivity contribution >= 4 is 0 Å². The number of imidazole rings is 1. The van der Waals surface area contributed by atoms with Crippen LogP contribution in [0.1, 0.15) is 25.6 Å². The Labute approximate surface area is 108 Å². The van der Waals surface area contributed by atoms with E-state index in [1.54, 1.807) is 0 Å². The summed E-state index contributed by atoms with van der Waals surface area (Å²) < 4.78 is 13.7. The Morgan fingerprint density at radius 1 is 1.28 bits per heavy atom. The fraction of sp³-hybridized carbons (Fsp3) is 0.769. The SMILES string of the molecule is CCn1ccnc1CN1CCC2(CC1)OCCO2. The van der Waals surface area contributed by atoms with Gasteiger partial charge in [-0.1, -0.05) is 0 Å². The summed E-state index contributed by atoms with van der Waals surface area (Å²) in [4.78, 5) is 6.86. The van der Waals surface area contributed by atoms with Gasteiger partial charge in [0.25, 0.3) is 0 Å². The van der Waals surface area contributed by atoms with Crippen LogP contribution >= 0.6 is 0 Å². The third-order valence-corrected chi connectivity index (χ3v) is 3.94. The van der Waals surface area contributed by atoms with Crippen LogP contribution in [0.3, 0.4) is 0 Å². The van der Waals surface area contributed by atoms with E-state index in [-0.39, 0.29) is 5.79 Å². The molecule has 3 rings (SSSR count). The minimum absolute atomic E-state index is 0.267. The molecular formula is C13H21N3O2. The summed E-state index contributed by atoms with van der Waals surface area (Å²) in [6.45, 7) is 7.61. The lowest BCUT2D eigenvalue weighted by atomic mass is 10.0. The van der Waals surface area contributed by atoms with Crippen molar-refractivity contribution in [1.29, 1.82) is 0 Å². The molecule has 0 aromatic carbocycles. The van der Waals surface area contributed by atoms with Crippen LogP contribution in [0.5, 0.6) is 0 Å². The van der Waals surface area contributed by atoms with E-state index in [0.29, 0.717) is 0 Å². The molecule has 1 aromatic heterocycles. The van der Waals surface area contributed by atoms with Crippen molar-refractivity contribution in [1.82, 2.24) is 14.5 Å². The Bertz CT molecular complexity index is 389. The Morgan fingerprint density at radius 3 is 2.67 bits per heavy atom. The molecule has 0 atom stereocenters. The lowest BCUT2D eigenvalue weighted by Crippen LogP contribution is -2.45. The highest BCUT2D eigenvalue weighted by molar-refractivity contribution is 4.93. The Morgan fingerprint density at radius 2 is 2.00 bits per heavy atom. The van der Waals surface area contributed by atoms with Gasteiger partial charge in [-0.05, 0) is 6.92 Å². The average molecular weight is 251 g/mol. The van der Waals surface area contributed by atoms with Crippen LogP contribution in [0.15, 0.2) is 12.4 Å². The largest absolute Gasteiger partial charge is 0.347 e. The second-order valence-electron chi connectivity index (χ2n) is 5.01. The number of piperidine rings is 1. The van der Waals surface area contributed by atoms with E-state index < -0.39 is 0 Å². The van der Waals surface area contributed by atoms with Crippen molar-refractivity contribution in [2.75, 3.05) is 26.3 Å². The van der Waals surface area contributed by atoms with E-state index >= 15 is 0 Å². The number of hydrogen-bond acceptors (Lipinski definition) is 4. The minimum atomic E-state index is -0.267. The van der Waals surface area contributed by atoms with Gasteiger partial charge in [0.2, 0.25) is 0 Å². The number of rotatable bonds is 3. The average Bonchev–Trinajstić information content (AvgIpc) is 3.02. The second kappa shape index (κ2) is 4.99. The van der Waals surface area contributed by atoms with Crippen molar-refractivity contribution < 1.29 is 9.47 Å². The maximum atomic E-state index is 5.74. The van der Waals surface area contributed by atoms with Gasteiger partial charge in [0.05, 0.1) is 19.8 Å². The molecule has 2 saturated heterocycles. The maximum Gasteiger partial charge on any atom is 0.170 e. The summed E-state index contributed by atoms with van der Waals surface area (Å²) in [6, 6.07) is 0. The summed E-state index contributed by atoms with van der Waals surface area (Å²) in [5, 5.41) is 0. The fourth-order valence-corrected chi connectivity index (χ4v) is 2.82. The van der Waals surface area contributed by atoms with Crippen LogP contribution in [0, 0.1) is 0 Å². The molecular weight excluding hydrogens is 230 g/mol. The van der Waals surface area contributed by atoms with Crippen molar-refractivity contribution in [3.05, 3.63) is 18.2 Å². The number of ether oxygens (including phenoxy) is 2. The third-order valence-electron chi connectivity index (χ3n) is 3.94. The Hall–Kier alpha value is -0.910. The second-order valence-corrected chi connectivity index (χ2v) is 5.01. The lowest BCUT2D eigenvalue weighted by Gasteiger charge is -2.37. The van der Waals surface area contributed by atoms with Crippen LogP contribution in [0.2, 0.25) is 0 Å². The molecule has 0 aliphatic carbocycles. The highest BCUT2D eigenvalue weighted by atomic mass is 16.7. The van der Waals surface area contributed by atoms with Gasteiger partial charge >= 0.3 is 0 Å². The first-order valence-corrected chi connectivity index (χ1v) is 6.82. The van der Waals surface area contributed by atoms with E-state index in [9.17, 15) is 0 Å². The smallest absolute Gasteiger partial charge is 0.170 e. The van der Waals surface area contributed by atoms with Gasteiger partial charge < -0.3 is 14.0 Å². The van der Waals surface area contributed by atoms with Crippen LogP contribution < -0.4 is 0 Å². The molecule has 0 saturated carbocycles. The Balaban J connectivity index is 1.57. The molecule has 1 spiro atoms. The van der Waals surface area contributed by atoms with E-state index in [2.05, 4.69) is 21.4 Å². The quantitative estimate of drug-likeness (QED) is 0.810. The first kappa shape index (κ1) is 12.1. The van der Waals surface area contributed by atoms with E-state index in [1.165, 1.54) is 0 Å². The highest BCUT2D eigenvalue weighted by Gasteiger charge is 2.39. The number of nitrogens with zero attached hydrogens (tertiary/aromatic N) is 3. The molecule has 100 valence electrons. The zero-order valence-corrected chi connectivity index (χ0v) is 11.0. The van der Waals surface area contributed by atoms with Crippen molar-refractivity contribution in [3.8, 4) is 0 Å². The molecule has 2 fully saturated rings. The molecule has 2 aliphatic heterocycles.